The molecule has 9 heteroatoms. The van der Waals surface area contributed by atoms with Crippen LogP contribution in [0.3, 0.4) is 0 Å². The molecule has 0 spiro atoms. The van der Waals surface area contributed by atoms with Crippen molar-refractivity contribution in [1.82, 2.24) is 0 Å². The monoisotopic (exact) mass is 340 g/mol. The van der Waals surface area contributed by atoms with Crippen LogP contribution >= 0.6 is 11.6 Å². The summed E-state index contributed by atoms with van der Waals surface area (Å²) in [4.78, 5) is -0.212. The van der Waals surface area contributed by atoms with Gasteiger partial charge < -0.3 is 13.3 Å². The second-order valence-corrected chi connectivity index (χ2v) is 8.94. The normalized spacial score (nSPS) is 12.7. The second kappa shape index (κ2) is 6.99. The summed E-state index contributed by atoms with van der Waals surface area (Å²) in [5.41, 5.74) is 0.430. The Morgan fingerprint density at radius 3 is 2.20 bits per heavy atom. The van der Waals surface area contributed by atoms with Gasteiger partial charge in [-0.15, -0.1) is 0 Å². The molecule has 1 aromatic carbocycles. The van der Waals surface area contributed by atoms with E-state index in [1.54, 1.807) is 12.1 Å². The van der Waals surface area contributed by atoms with Crippen LogP contribution in [0.2, 0.25) is 11.1 Å². The Hall–Kier alpha value is -0.483. The van der Waals surface area contributed by atoms with E-state index in [1.165, 1.54) is 27.4 Å². The van der Waals surface area contributed by atoms with Gasteiger partial charge in [-0.2, -0.15) is 8.42 Å². The fraction of sp³-hybridized carbons (Fsp3) is 0.455. The fourth-order valence-electron chi connectivity index (χ4n) is 1.82. The van der Waals surface area contributed by atoms with Crippen LogP contribution in [0.4, 0.5) is 0 Å². The maximum Gasteiger partial charge on any atom is 0.500 e. The molecule has 0 aromatic heterocycles. The number of hydrogen-bond acceptors (Lipinski definition) is 5. The molecule has 0 saturated heterocycles. The minimum atomic E-state index is -4.34. The van der Waals surface area contributed by atoms with Gasteiger partial charge in [0.2, 0.25) is 0 Å². The molecule has 0 radical (unpaired) electrons. The van der Waals surface area contributed by atoms with E-state index in [-0.39, 0.29) is 9.92 Å². The summed E-state index contributed by atoms with van der Waals surface area (Å²) in [6.45, 7) is 0. The number of aryl methyl sites for hydroxylation is 1. The molecule has 20 heavy (non-hydrogen) atoms. The van der Waals surface area contributed by atoms with E-state index in [0.29, 0.717) is 18.0 Å². The molecular weight excluding hydrogens is 324 g/mol. The first-order valence-electron chi connectivity index (χ1n) is 5.69. The minimum absolute atomic E-state index is 0.212. The van der Waals surface area contributed by atoms with Crippen molar-refractivity contribution in [2.75, 3.05) is 21.3 Å². The lowest BCUT2D eigenvalue weighted by molar-refractivity contribution is 0.123. The lowest BCUT2D eigenvalue weighted by atomic mass is 10.2. The van der Waals surface area contributed by atoms with Gasteiger partial charge in [-0.05, 0) is 24.1 Å². The van der Waals surface area contributed by atoms with E-state index in [2.05, 4.69) is 0 Å². The quantitative estimate of drug-likeness (QED) is 0.604. The summed E-state index contributed by atoms with van der Waals surface area (Å²) in [6, 6.07) is 4.69. The summed E-state index contributed by atoms with van der Waals surface area (Å²) >= 11 is 5.75. The van der Waals surface area contributed by atoms with Gasteiger partial charge in [-0.1, -0.05) is 17.7 Å². The lowest BCUT2D eigenvalue weighted by Gasteiger charge is -2.24. The first kappa shape index (κ1) is 17.6. The van der Waals surface area contributed by atoms with Gasteiger partial charge in [-0.3, -0.25) is 4.55 Å². The Labute approximate surface area is 124 Å². The molecular formula is C11H17ClO6SSi. The summed E-state index contributed by atoms with van der Waals surface area (Å²) in [5.74, 6) is 0. The molecule has 0 saturated carbocycles. The van der Waals surface area contributed by atoms with Gasteiger partial charge in [0.1, 0.15) is 0 Å². The molecule has 114 valence electrons. The van der Waals surface area contributed by atoms with Gasteiger partial charge in [0.15, 0.2) is 0 Å². The molecule has 6 nitrogen and oxygen atoms in total. The van der Waals surface area contributed by atoms with Crippen LogP contribution in [-0.2, 0) is 29.8 Å². The average Bonchev–Trinajstić information content (AvgIpc) is 2.41. The SMILES string of the molecule is CO[Si](CCc1ccc(Cl)cc1S(=O)(=O)O)(OC)OC. The Morgan fingerprint density at radius 2 is 1.75 bits per heavy atom. The van der Waals surface area contributed by atoms with Gasteiger partial charge >= 0.3 is 8.80 Å². The van der Waals surface area contributed by atoms with Crippen LogP contribution in [-0.4, -0.2) is 43.1 Å². The molecule has 0 aliphatic heterocycles. The first-order valence-corrected chi connectivity index (χ1v) is 9.44. The number of benzene rings is 1. The number of hydrogen-bond donors (Lipinski definition) is 1. The predicted molar refractivity (Wildman–Crippen MR) is 76.6 cm³/mol. The largest absolute Gasteiger partial charge is 0.500 e. The van der Waals surface area contributed by atoms with E-state index in [1.807, 2.05) is 0 Å². The van der Waals surface area contributed by atoms with E-state index in [4.69, 9.17) is 24.9 Å². The van der Waals surface area contributed by atoms with Crippen molar-refractivity contribution >= 4 is 30.5 Å². The van der Waals surface area contributed by atoms with Crippen molar-refractivity contribution in [3.05, 3.63) is 28.8 Å². The predicted octanol–water partition coefficient (Wildman–Crippen LogP) is 2.01. The summed E-state index contributed by atoms with van der Waals surface area (Å²) in [5, 5.41) is 0.232. The average molecular weight is 341 g/mol. The summed E-state index contributed by atoms with van der Waals surface area (Å²) in [6.07, 6.45) is 0.314. The maximum atomic E-state index is 11.4. The lowest BCUT2D eigenvalue weighted by Crippen LogP contribution is -2.43. The molecule has 0 atom stereocenters. The van der Waals surface area contributed by atoms with Crippen LogP contribution in [0.5, 0.6) is 0 Å². The zero-order chi connectivity index (χ0) is 15.4. The van der Waals surface area contributed by atoms with Crippen molar-refractivity contribution in [3.8, 4) is 0 Å². The molecule has 0 unspecified atom stereocenters. The van der Waals surface area contributed by atoms with Crippen molar-refractivity contribution in [3.63, 3.8) is 0 Å². The van der Waals surface area contributed by atoms with Crippen molar-refractivity contribution < 1.29 is 26.2 Å². The van der Waals surface area contributed by atoms with Crippen molar-refractivity contribution in [1.29, 1.82) is 0 Å². The highest BCUT2D eigenvalue weighted by atomic mass is 35.5. The molecule has 0 bridgehead atoms. The Balaban J connectivity index is 3.05. The van der Waals surface area contributed by atoms with E-state index < -0.39 is 18.9 Å². The maximum absolute atomic E-state index is 11.4. The summed E-state index contributed by atoms with van der Waals surface area (Å²) < 4.78 is 47.7. The Kier molecular flexibility index (Phi) is 6.14. The third-order valence-electron chi connectivity index (χ3n) is 2.94. The Morgan fingerprint density at radius 1 is 1.20 bits per heavy atom. The van der Waals surface area contributed by atoms with Crippen LogP contribution < -0.4 is 0 Å². The second-order valence-electron chi connectivity index (χ2n) is 4.02. The van der Waals surface area contributed by atoms with Crippen LogP contribution in [0.15, 0.2) is 23.1 Å². The highest BCUT2D eigenvalue weighted by molar-refractivity contribution is 7.85. The molecule has 1 rings (SSSR count). The third kappa shape index (κ3) is 4.25. The molecule has 0 heterocycles. The fourth-order valence-corrected chi connectivity index (χ4v) is 4.52. The molecule has 0 aliphatic carbocycles. The van der Waals surface area contributed by atoms with Gasteiger partial charge in [0, 0.05) is 32.4 Å². The van der Waals surface area contributed by atoms with Gasteiger partial charge in [0.05, 0.1) is 4.90 Å². The van der Waals surface area contributed by atoms with Crippen molar-refractivity contribution in [2.45, 2.75) is 17.4 Å². The van der Waals surface area contributed by atoms with Crippen LogP contribution in [0.25, 0.3) is 0 Å². The topological polar surface area (TPSA) is 82.1 Å². The van der Waals surface area contributed by atoms with E-state index in [9.17, 15) is 13.0 Å². The highest BCUT2D eigenvalue weighted by Gasteiger charge is 2.37. The number of rotatable bonds is 7. The molecule has 1 aromatic rings. The van der Waals surface area contributed by atoms with Gasteiger partial charge in [0.25, 0.3) is 10.1 Å². The standard InChI is InChI=1S/C11H17ClO6SSi/c1-16-20(17-2,18-3)7-6-9-4-5-10(12)8-11(9)19(13,14)15/h4-5,8H,6-7H2,1-3H3,(H,13,14,15). The number of halogens is 1. The van der Waals surface area contributed by atoms with E-state index >= 15 is 0 Å². The molecule has 0 fully saturated rings. The van der Waals surface area contributed by atoms with Crippen molar-refractivity contribution in [2.24, 2.45) is 0 Å². The Bertz CT molecular complexity index is 550. The zero-order valence-corrected chi connectivity index (χ0v) is 14.0. The molecule has 0 amide bonds. The smallest absolute Gasteiger partial charge is 0.377 e. The molecule has 0 aliphatic rings. The summed E-state index contributed by atoms with van der Waals surface area (Å²) in [7, 11) is -2.71. The third-order valence-corrected chi connectivity index (χ3v) is 6.84. The van der Waals surface area contributed by atoms with Gasteiger partial charge in [-0.25, -0.2) is 0 Å². The minimum Gasteiger partial charge on any atom is -0.377 e. The van der Waals surface area contributed by atoms with Crippen LogP contribution in [0.1, 0.15) is 5.56 Å². The van der Waals surface area contributed by atoms with Crippen LogP contribution in [0, 0.1) is 0 Å². The van der Waals surface area contributed by atoms with E-state index in [0.717, 1.165) is 0 Å². The zero-order valence-electron chi connectivity index (χ0n) is 11.4. The molecule has 1 N–H and O–H groups in total. The first-order chi connectivity index (χ1) is 9.28. The highest BCUT2D eigenvalue weighted by Crippen LogP contribution is 2.24.